The molecule has 0 aromatic heterocycles. The number of carbonyl (C=O) groups excluding carboxylic acids is 1. The monoisotopic (exact) mass is 910 g/mol. The number of aliphatic hydroxyl groups excluding tert-OH is 2. The van der Waals surface area contributed by atoms with E-state index in [1.54, 1.807) is 6.08 Å². The van der Waals surface area contributed by atoms with Gasteiger partial charge in [0.2, 0.25) is 5.91 Å². The summed E-state index contributed by atoms with van der Waals surface area (Å²) < 4.78 is 0. The fraction of sp³-hybridized carbons (Fsp3) is 0.852. The Morgan fingerprint density at radius 2 is 0.631 bits per heavy atom. The largest absolute Gasteiger partial charge is 0.394 e. The molecular formula is C61H115NO3. The summed E-state index contributed by atoms with van der Waals surface area (Å²) in [5.74, 6) is -0.0593. The van der Waals surface area contributed by atoms with Crippen LogP contribution in [0.15, 0.2) is 48.6 Å². The Morgan fingerprint density at radius 1 is 0.369 bits per heavy atom. The molecule has 0 aliphatic heterocycles. The summed E-state index contributed by atoms with van der Waals surface area (Å²) in [6, 6.07) is -0.621. The van der Waals surface area contributed by atoms with Gasteiger partial charge in [-0.05, 0) is 57.8 Å². The SMILES string of the molecule is CCCCCCC/C=C\C/C=C\C/C=C\CCCCCCCCCCCCCCCCCCCCCCCCC(=O)NC(CO)C(O)/C=C/CCCCCCCCCCCCCCCC. The molecular weight excluding hydrogens is 795 g/mol. The molecule has 2 atom stereocenters. The number of aliphatic hydroxyl groups is 2. The predicted molar refractivity (Wildman–Crippen MR) is 290 cm³/mol. The third kappa shape index (κ3) is 53.2. The lowest BCUT2D eigenvalue weighted by Gasteiger charge is -2.20. The van der Waals surface area contributed by atoms with E-state index >= 15 is 0 Å². The maximum atomic E-state index is 12.5. The maximum absolute atomic E-state index is 12.5. The van der Waals surface area contributed by atoms with Crippen LogP contribution in [0.1, 0.15) is 316 Å². The molecule has 65 heavy (non-hydrogen) atoms. The number of unbranched alkanes of at least 4 members (excludes halogenated alkanes) is 41. The molecule has 0 aliphatic carbocycles. The molecule has 0 heterocycles. The Labute approximate surface area is 407 Å². The second-order valence-electron chi connectivity index (χ2n) is 20.1. The van der Waals surface area contributed by atoms with Crippen LogP contribution in [0.3, 0.4) is 0 Å². The Hall–Kier alpha value is -1.65. The lowest BCUT2D eigenvalue weighted by molar-refractivity contribution is -0.123. The van der Waals surface area contributed by atoms with Crippen molar-refractivity contribution in [3.05, 3.63) is 48.6 Å². The van der Waals surface area contributed by atoms with Crippen LogP contribution in [0, 0.1) is 0 Å². The minimum absolute atomic E-state index is 0.0593. The van der Waals surface area contributed by atoms with Gasteiger partial charge in [0, 0.05) is 6.42 Å². The van der Waals surface area contributed by atoms with Crippen LogP contribution in [-0.4, -0.2) is 34.9 Å². The van der Waals surface area contributed by atoms with Gasteiger partial charge >= 0.3 is 0 Å². The molecule has 0 aromatic carbocycles. The number of allylic oxidation sites excluding steroid dienone is 7. The first-order valence-electron chi connectivity index (χ1n) is 29.4. The van der Waals surface area contributed by atoms with Crippen molar-refractivity contribution in [1.29, 1.82) is 0 Å². The van der Waals surface area contributed by atoms with Gasteiger partial charge in [-0.25, -0.2) is 0 Å². The van der Waals surface area contributed by atoms with Gasteiger partial charge in [0.15, 0.2) is 0 Å². The van der Waals surface area contributed by atoms with Crippen molar-refractivity contribution in [2.24, 2.45) is 0 Å². The van der Waals surface area contributed by atoms with Crippen molar-refractivity contribution in [1.82, 2.24) is 5.32 Å². The Morgan fingerprint density at radius 3 is 0.938 bits per heavy atom. The Bertz CT molecular complexity index is 1030. The highest BCUT2D eigenvalue weighted by atomic mass is 16.3. The number of amides is 1. The van der Waals surface area contributed by atoms with E-state index in [4.69, 9.17) is 0 Å². The van der Waals surface area contributed by atoms with Gasteiger partial charge in [0.25, 0.3) is 0 Å². The summed E-state index contributed by atoms with van der Waals surface area (Å²) in [7, 11) is 0. The molecule has 4 heteroatoms. The first kappa shape index (κ1) is 63.4. The fourth-order valence-corrected chi connectivity index (χ4v) is 9.07. The molecule has 0 spiro atoms. The van der Waals surface area contributed by atoms with Crippen LogP contribution < -0.4 is 5.32 Å². The second kappa shape index (κ2) is 56.7. The third-order valence-electron chi connectivity index (χ3n) is 13.6. The fourth-order valence-electron chi connectivity index (χ4n) is 9.07. The highest BCUT2D eigenvalue weighted by Crippen LogP contribution is 2.17. The van der Waals surface area contributed by atoms with Gasteiger partial charge in [-0.15, -0.1) is 0 Å². The predicted octanol–water partition coefficient (Wildman–Crippen LogP) is 19.4. The molecule has 0 rings (SSSR count). The molecule has 3 N–H and O–H groups in total. The van der Waals surface area contributed by atoms with E-state index in [0.29, 0.717) is 6.42 Å². The van der Waals surface area contributed by atoms with E-state index in [0.717, 1.165) is 38.5 Å². The van der Waals surface area contributed by atoms with E-state index in [1.807, 2.05) is 6.08 Å². The number of nitrogens with one attached hydrogen (secondary N) is 1. The van der Waals surface area contributed by atoms with Crippen LogP contribution >= 0.6 is 0 Å². The highest BCUT2D eigenvalue weighted by molar-refractivity contribution is 5.76. The average Bonchev–Trinajstić information content (AvgIpc) is 3.31. The quantitative estimate of drug-likeness (QED) is 0.0421. The zero-order valence-corrected chi connectivity index (χ0v) is 44.0. The van der Waals surface area contributed by atoms with Crippen molar-refractivity contribution in [2.75, 3.05) is 6.61 Å². The minimum atomic E-state index is -0.838. The van der Waals surface area contributed by atoms with E-state index in [-0.39, 0.29) is 12.5 Å². The summed E-state index contributed by atoms with van der Waals surface area (Å²) in [6.45, 7) is 4.32. The highest BCUT2D eigenvalue weighted by Gasteiger charge is 2.18. The topological polar surface area (TPSA) is 69.6 Å². The van der Waals surface area contributed by atoms with Crippen LogP contribution in [0.2, 0.25) is 0 Å². The van der Waals surface area contributed by atoms with Gasteiger partial charge in [-0.1, -0.05) is 300 Å². The molecule has 1 amide bonds. The number of hydrogen-bond donors (Lipinski definition) is 3. The summed E-state index contributed by atoms with van der Waals surface area (Å²) in [5, 5.41) is 23.1. The van der Waals surface area contributed by atoms with Gasteiger partial charge in [0.1, 0.15) is 0 Å². The van der Waals surface area contributed by atoms with Crippen LogP contribution in [0.25, 0.3) is 0 Å². The van der Waals surface area contributed by atoms with E-state index in [1.165, 1.54) is 257 Å². The van der Waals surface area contributed by atoms with E-state index < -0.39 is 12.1 Å². The first-order valence-corrected chi connectivity index (χ1v) is 29.4. The molecule has 0 fully saturated rings. The second-order valence-corrected chi connectivity index (χ2v) is 20.1. The molecule has 0 saturated heterocycles. The van der Waals surface area contributed by atoms with E-state index in [9.17, 15) is 15.0 Å². The van der Waals surface area contributed by atoms with Gasteiger partial charge in [-0.2, -0.15) is 0 Å². The molecule has 0 radical (unpaired) electrons. The molecule has 4 nitrogen and oxygen atoms in total. The summed E-state index contributed by atoms with van der Waals surface area (Å²) in [6.07, 6.45) is 78.6. The standard InChI is InChI=1S/C61H115NO3/c1-3-5-7-9-11-13-15-17-19-21-22-23-24-25-26-27-28-29-30-31-32-33-34-35-36-37-38-39-40-41-43-45-47-49-51-53-55-57-61(65)62-59(58-63)60(64)56-54-52-50-48-46-44-42-20-18-16-14-12-10-8-6-4-2/h15,17,21-22,24-25,54,56,59-60,63-64H,3-14,16,18-20,23,26-53,55,57-58H2,1-2H3,(H,62,65)/b17-15-,22-21-,25-24-,56-54+. The van der Waals surface area contributed by atoms with Crippen LogP contribution in [-0.2, 0) is 4.79 Å². The van der Waals surface area contributed by atoms with Crippen molar-refractivity contribution >= 4 is 5.91 Å². The van der Waals surface area contributed by atoms with Crippen LogP contribution in [0.5, 0.6) is 0 Å². The lowest BCUT2D eigenvalue weighted by atomic mass is 10.0. The maximum Gasteiger partial charge on any atom is 0.220 e. The molecule has 0 bridgehead atoms. The number of rotatable bonds is 54. The minimum Gasteiger partial charge on any atom is -0.394 e. The molecule has 0 aliphatic rings. The summed E-state index contributed by atoms with van der Waals surface area (Å²) in [4.78, 5) is 12.5. The van der Waals surface area contributed by atoms with Crippen LogP contribution in [0.4, 0.5) is 0 Å². The Kier molecular flexibility index (Phi) is 55.2. The summed E-state index contributed by atoms with van der Waals surface area (Å²) in [5.41, 5.74) is 0. The average molecular weight is 911 g/mol. The van der Waals surface area contributed by atoms with Crippen molar-refractivity contribution in [3.8, 4) is 0 Å². The number of carbonyl (C=O) groups is 1. The normalized spacial score (nSPS) is 13.1. The Balaban J connectivity index is 3.42. The van der Waals surface area contributed by atoms with Gasteiger partial charge in [0.05, 0.1) is 18.8 Å². The number of hydrogen-bond acceptors (Lipinski definition) is 3. The van der Waals surface area contributed by atoms with Gasteiger partial charge in [-0.3, -0.25) is 4.79 Å². The first-order chi connectivity index (χ1) is 32.2. The van der Waals surface area contributed by atoms with Crippen molar-refractivity contribution < 1.29 is 15.0 Å². The third-order valence-corrected chi connectivity index (χ3v) is 13.6. The van der Waals surface area contributed by atoms with Crippen molar-refractivity contribution in [2.45, 2.75) is 328 Å². The lowest BCUT2D eigenvalue weighted by Crippen LogP contribution is -2.45. The zero-order chi connectivity index (χ0) is 47.0. The smallest absolute Gasteiger partial charge is 0.220 e. The zero-order valence-electron chi connectivity index (χ0n) is 44.0. The summed E-state index contributed by atoms with van der Waals surface area (Å²) >= 11 is 0. The van der Waals surface area contributed by atoms with Crippen molar-refractivity contribution in [3.63, 3.8) is 0 Å². The van der Waals surface area contributed by atoms with E-state index in [2.05, 4.69) is 55.6 Å². The molecule has 0 aromatic rings. The molecule has 382 valence electrons. The molecule has 2 unspecified atom stereocenters. The van der Waals surface area contributed by atoms with Gasteiger partial charge < -0.3 is 15.5 Å². The molecule has 0 saturated carbocycles.